The van der Waals surface area contributed by atoms with Crippen LogP contribution < -0.4 is 4.90 Å². The molecule has 23 heavy (non-hydrogen) atoms. The van der Waals surface area contributed by atoms with Crippen molar-refractivity contribution in [2.75, 3.05) is 44.7 Å². The summed E-state index contributed by atoms with van der Waals surface area (Å²) in [5.41, 5.74) is 0. The van der Waals surface area contributed by atoms with Crippen molar-refractivity contribution in [3.05, 3.63) is 23.4 Å². The van der Waals surface area contributed by atoms with E-state index >= 15 is 0 Å². The van der Waals surface area contributed by atoms with Gasteiger partial charge >= 0.3 is 0 Å². The summed E-state index contributed by atoms with van der Waals surface area (Å²) in [6, 6.07) is 3.78. The van der Waals surface area contributed by atoms with Crippen LogP contribution in [0.1, 0.15) is 25.7 Å². The van der Waals surface area contributed by atoms with Gasteiger partial charge in [-0.25, -0.2) is 4.98 Å². The first kappa shape index (κ1) is 16.5. The Balaban J connectivity index is 1.64. The number of likely N-dealkylation sites (N-methyl/N-ethyl adjacent to an activating group) is 1. The average molecular weight is 337 g/mol. The van der Waals surface area contributed by atoms with Gasteiger partial charge in [0, 0.05) is 32.4 Å². The Labute approximate surface area is 143 Å². The number of carbonyl (C=O) groups is 1. The topological polar surface area (TPSA) is 39.7 Å². The molecule has 0 aliphatic carbocycles. The molecule has 2 aliphatic rings. The molecule has 0 N–H and O–H groups in total. The highest BCUT2D eigenvalue weighted by atomic mass is 35.5. The molecule has 1 aromatic rings. The zero-order chi connectivity index (χ0) is 16.2. The van der Waals surface area contributed by atoms with Crippen LogP contribution in [-0.4, -0.2) is 66.5 Å². The van der Waals surface area contributed by atoms with Gasteiger partial charge in [-0.1, -0.05) is 18.0 Å². The number of aromatic nitrogens is 1. The quantitative estimate of drug-likeness (QED) is 0.830. The first-order valence-electron chi connectivity index (χ1n) is 8.51. The maximum atomic E-state index is 12.9. The van der Waals surface area contributed by atoms with Crippen LogP contribution in [0.25, 0.3) is 0 Å². The number of hydrogen-bond acceptors (Lipinski definition) is 4. The summed E-state index contributed by atoms with van der Waals surface area (Å²) in [6.07, 6.45) is 6.07. The fourth-order valence-corrected chi connectivity index (χ4v) is 3.80. The summed E-state index contributed by atoms with van der Waals surface area (Å²) < 4.78 is 0. The lowest BCUT2D eigenvalue weighted by molar-refractivity contribution is -0.137. The van der Waals surface area contributed by atoms with Gasteiger partial charge in [0.15, 0.2) is 0 Å². The van der Waals surface area contributed by atoms with Crippen LogP contribution in [0.15, 0.2) is 18.3 Å². The summed E-state index contributed by atoms with van der Waals surface area (Å²) in [6.45, 7) is 4.28. The Hall–Kier alpha value is -1.33. The summed E-state index contributed by atoms with van der Waals surface area (Å²) >= 11 is 6.26. The zero-order valence-electron chi connectivity index (χ0n) is 13.7. The normalized spacial score (nSPS) is 23.7. The first-order valence-corrected chi connectivity index (χ1v) is 8.89. The van der Waals surface area contributed by atoms with Crippen molar-refractivity contribution in [1.29, 1.82) is 0 Å². The number of carbonyl (C=O) groups excluding carboxylic acids is 1. The van der Waals surface area contributed by atoms with Crippen molar-refractivity contribution in [1.82, 2.24) is 14.8 Å². The number of nitrogens with zero attached hydrogens (tertiary/aromatic N) is 4. The third-order valence-corrected chi connectivity index (χ3v) is 5.20. The highest BCUT2D eigenvalue weighted by Gasteiger charge is 2.30. The third-order valence-electron chi connectivity index (χ3n) is 4.90. The minimum atomic E-state index is 0.0636. The molecule has 3 rings (SSSR count). The lowest BCUT2D eigenvalue weighted by atomic mass is 10.0. The lowest BCUT2D eigenvalue weighted by Crippen LogP contribution is -2.50. The van der Waals surface area contributed by atoms with Gasteiger partial charge in [-0.05, 0) is 45.0 Å². The number of likely N-dealkylation sites (tertiary alicyclic amines) is 1. The highest BCUT2D eigenvalue weighted by Crippen LogP contribution is 2.24. The van der Waals surface area contributed by atoms with Crippen LogP contribution in [0, 0.1) is 0 Å². The molecule has 2 aliphatic heterocycles. The Morgan fingerprint density at radius 1 is 1.17 bits per heavy atom. The molecular weight excluding hydrogens is 312 g/mol. The molecule has 3 heterocycles. The van der Waals surface area contributed by atoms with E-state index in [2.05, 4.69) is 21.8 Å². The van der Waals surface area contributed by atoms with Gasteiger partial charge < -0.3 is 9.80 Å². The largest absolute Gasteiger partial charge is 0.354 e. The predicted octanol–water partition coefficient (Wildman–Crippen LogP) is 2.26. The SMILES string of the molecule is CN1CCCCC1C(=O)N1CCCN(c2ncccc2Cl)CC1. The van der Waals surface area contributed by atoms with Crippen molar-refractivity contribution in [3.8, 4) is 0 Å². The Bertz CT molecular complexity index is 553. The van der Waals surface area contributed by atoms with E-state index in [0.717, 1.165) is 57.8 Å². The molecular formula is C17H25ClN4O. The molecule has 0 bridgehead atoms. The number of anilines is 1. The smallest absolute Gasteiger partial charge is 0.239 e. The summed E-state index contributed by atoms with van der Waals surface area (Å²) in [5, 5.41) is 0.680. The van der Waals surface area contributed by atoms with Crippen molar-refractivity contribution < 1.29 is 4.79 Å². The lowest BCUT2D eigenvalue weighted by Gasteiger charge is -2.35. The van der Waals surface area contributed by atoms with Gasteiger partial charge in [0.1, 0.15) is 5.82 Å². The van der Waals surface area contributed by atoms with Crippen LogP contribution in [0.2, 0.25) is 5.02 Å². The van der Waals surface area contributed by atoms with Gasteiger partial charge in [0.05, 0.1) is 11.1 Å². The van der Waals surface area contributed by atoms with E-state index in [4.69, 9.17) is 11.6 Å². The van der Waals surface area contributed by atoms with Crippen LogP contribution in [0.3, 0.4) is 0 Å². The molecule has 2 saturated heterocycles. The molecule has 1 unspecified atom stereocenters. The predicted molar refractivity (Wildman–Crippen MR) is 92.9 cm³/mol. The van der Waals surface area contributed by atoms with Crippen LogP contribution in [-0.2, 0) is 4.79 Å². The summed E-state index contributed by atoms with van der Waals surface area (Å²) in [7, 11) is 2.07. The number of pyridine rings is 1. The van der Waals surface area contributed by atoms with Gasteiger partial charge in [-0.15, -0.1) is 0 Å². The number of rotatable bonds is 2. The maximum Gasteiger partial charge on any atom is 0.239 e. The molecule has 2 fully saturated rings. The van der Waals surface area contributed by atoms with E-state index < -0.39 is 0 Å². The molecule has 0 spiro atoms. The second-order valence-electron chi connectivity index (χ2n) is 6.47. The molecule has 5 nitrogen and oxygen atoms in total. The Morgan fingerprint density at radius 3 is 2.83 bits per heavy atom. The second-order valence-corrected chi connectivity index (χ2v) is 6.87. The summed E-state index contributed by atoms with van der Waals surface area (Å²) in [4.78, 5) is 23.7. The van der Waals surface area contributed by atoms with E-state index in [0.29, 0.717) is 10.9 Å². The zero-order valence-corrected chi connectivity index (χ0v) is 14.5. The monoisotopic (exact) mass is 336 g/mol. The van der Waals surface area contributed by atoms with Crippen LogP contribution >= 0.6 is 11.6 Å². The number of amides is 1. The fraction of sp³-hybridized carbons (Fsp3) is 0.647. The third kappa shape index (κ3) is 3.78. The average Bonchev–Trinajstić information content (AvgIpc) is 2.81. The van der Waals surface area contributed by atoms with Crippen LogP contribution in [0.5, 0.6) is 0 Å². The standard InChI is InChI=1S/C17H25ClN4O/c1-20-9-3-2-7-15(20)17(23)22-11-5-10-21(12-13-22)16-14(18)6-4-8-19-16/h4,6,8,15H,2-3,5,7,9-13H2,1H3. The minimum absolute atomic E-state index is 0.0636. The Morgan fingerprint density at radius 2 is 2.04 bits per heavy atom. The number of halogens is 1. The highest BCUT2D eigenvalue weighted by molar-refractivity contribution is 6.32. The molecule has 0 saturated carbocycles. The second kappa shape index (κ2) is 7.49. The van der Waals surface area contributed by atoms with E-state index in [1.165, 1.54) is 6.42 Å². The molecule has 1 atom stereocenters. The Kier molecular flexibility index (Phi) is 5.38. The van der Waals surface area contributed by atoms with Gasteiger partial charge in [0.2, 0.25) is 5.91 Å². The van der Waals surface area contributed by atoms with Crippen molar-refractivity contribution >= 4 is 23.3 Å². The van der Waals surface area contributed by atoms with Gasteiger partial charge in [-0.3, -0.25) is 9.69 Å². The van der Waals surface area contributed by atoms with Crippen LogP contribution in [0.4, 0.5) is 5.82 Å². The summed E-state index contributed by atoms with van der Waals surface area (Å²) in [5.74, 6) is 1.12. The minimum Gasteiger partial charge on any atom is -0.354 e. The van der Waals surface area contributed by atoms with Gasteiger partial charge in [0.25, 0.3) is 0 Å². The molecule has 126 valence electrons. The molecule has 1 amide bonds. The maximum absolute atomic E-state index is 12.9. The van der Waals surface area contributed by atoms with E-state index in [1.54, 1.807) is 6.20 Å². The fourth-order valence-electron chi connectivity index (χ4n) is 3.56. The molecule has 6 heteroatoms. The van der Waals surface area contributed by atoms with Crippen molar-refractivity contribution in [3.63, 3.8) is 0 Å². The van der Waals surface area contributed by atoms with E-state index in [9.17, 15) is 4.79 Å². The van der Waals surface area contributed by atoms with Crippen molar-refractivity contribution in [2.45, 2.75) is 31.7 Å². The molecule has 1 aromatic heterocycles. The first-order chi connectivity index (χ1) is 11.2. The molecule has 0 radical (unpaired) electrons. The number of piperidine rings is 1. The van der Waals surface area contributed by atoms with E-state index in [-0.39, 0.29) is 6.04 Å². The number of hydrogen-bond donors (Lipinski definition) is 0. The van der Waals surface area contributed by atoms with Crippen molar-refractivity contribution in [2.24, 2.45) is 0 Å². The molecule has 0 aromatic carbocycles. The van der Waals surface area contributed by atoms with E-state index in [1.807, 2.05) is 17.0 Å². The van der Waals surface area contributed by atoms with Gasteiger partial charge in [-0.2, -0.15) is 0 Å².